The number of urea groups is 1. The van der Waals surface area contributed by atoms with Crippen LogP contribution in [-0.4, -0.2) is 55.1 Å². The van der Waals surface area contributed by atoms with Crippen molar-refractivity contribution in [3.63, 3.8) is 0 Å². The summed E-state index contributed by atoms with van der Waals surface area (Å²) in [5, 5.41) is 3.29. The third-order valence-electron chi connectivity index (χ3n) is 4.55. The third kappa shape index (κ3) is 3.16. The highest BCUT2D eigenvalue weighted by molar-refractivity contribution is 5.74. The molecule has 0 aromatic rings. The Labute approximate surface area is 111 Å². The van der Waals surface area contributed by atoms with Crippen molar-refractivity contribution in [1.29, 1.82) is 0 Å². The van der Waals surface area contributed by atoms with Crippen LogP contribution in [0.4, 0.5) is 4.79 Å². The number of piperazine rings is 1. The Morgan fingerprint density at radius 2 is 1.78 bits per heavy atom. The average Bonchev–Trinajstić information content (AvgIpc) is 2.38. The minimum absolute atomic E-state index is 0.223. The maximum absolute atomic E-state index is 12.4. The van der Waals surface area contributed by atoms with E-state index in [1.54, 1.807) is 0 Å². The molecular weight excluding hydrogens is 226 g/mol. The lowest BCUT2D eigenvalue weighted by molar-refractivity contribution is 0.107. The highest BCUT2D eigenvalue weighted by Crippen LogP contribution is 2.36. The standard InChI is InChI=1S/C14H27N3O/c1-14(2)6-4-12(5-7-14)16(3)13(18)17-10-8-15-9-11-17/h12,15H,4-11H2,1-3H3. The van der Waals surface area contributed by atoms with Gasteiger partial charge in [-0.3, -0.25) is 0 Å². The molecule has 4 nitrogen and oxygen atoms in total. The van der Waals surface area contributed by atoms with E-state index in [2.05, 4.69) is 19.2 Å². The van der Waals surface area contributed by atoms with Crippen LogP contribution < -0.4 is 5.32 Å². The fraction of sp³-hybridized carbons (Fsp3) is 0.929. The second-order valence-electron chi connectivity index (χ2n) is 6.53. The molecule has 0 unspecified atom stereocenters. The van der Waals surface area contributed by atoms with E-state index in [-0.39, 0.29) is 6.03 Å². The average molecular weight is 253 g/mol. The molecule has 2 amide bonds. The number of hydrogen-bond acceptors (Lipinski definition) is 2. The maximum atomic E-state index is 12.4. The molecule has 0 aromatic heterocycles. The van der Waals surface area contributed by atoms with Crippen LogP contribution in [0.2, 0.25) is 0 Å². The van der Waals surface area contributed by atoms with E-state index >= 15 is 0 Å². The Hall–Kier alpha value is -0.770. The minimum Gasteiger partial charge on any atom is -0.325 e. The van der Waals surface area contributed by atoms with Crippen molar-refractivity contribution < 1.29 is 4.79 Å². The van der Waals surface area contributed by atoms with Crippen molar-refractivity contribution in [3.05, 3.63) is 0 Å². The molecule has 2 aliphatic rings. The normalized spacial score (nSPS) is 24.9. The predicted octanol–water partition coefficient (Wildman–Crippen LogP) is 1.91. The van der Waals surface area contributed by atoms with Crippen molar-refractivity contribution in [1.82, 2.24) is 15.1 Å². The first-order valence-corrected chi connectivity index (χ1v) is 7.22. The van der Waals surface area contributed by atoms with E-state index in [0.717, 1.165) is 39.0 Å². The first-order valence-electron chi connectivity index (χ1n) is 7.22. The van der Waals surface area contributed by atoms with E-state index in [4.69, 9.17) is 0 Å². The summed E-state index contributed by atoms with van der Waals surface area (Å²) in [5.41, 5.74) is 0.468. The van der Waals surface area contributed by atoms with Crippen LogP contribution in [0, 0.1) is 5.41 Å². The number of hydrogen-bond donors (Lipinski definition) is 1. The molecule has 104 valence electrons. The fourth-order valence-corrected chi connectivity index (χ4v) is 3.01. The highest BCUT2D eigenvalue weighted by atomic mass is 16.2. The summed E-state index contributed by atoms with van der Waals surface area (Å²) in [4.78, 5) is 16.4. The van der Waals surface area contributed by atoms with Crippen LogP contribution in [0.3, 0.4) is 0 Å². The lowest BCUT2D eigenvalue weighted by atomic mass is 9.75. The first kappa shape index (κ1) is 13.7. The van der Waals surface area contributed by atoms with Crippen LogP contribution in [0.5, 0.6) is 0 Å². The van der Waals surface area contributed by atoms with E-state index in [9.17, 15) is 4.79 Å². The van der Waals surface area contributed by atoms with E-state index in [0.29, 0.717) is 11.5 Å². The molecule has 0 spiro atoms. The summed E-state index contributed by atoms with van der Waals surface area (Å²) in [7, 11) is 1.98. The number of nitrogens with zero attached hydrogens (tertiary/aromatic N) is 2. The van der Waals surface area contributed by atoms with Gasteiger partial charge in [0.1, 0.15) is 0 Å². The number of carbonyl (C=O) groups is 1. The van der Waals surface area contributed by atoms with Gasteiger partial charge in [-0.05, 0) is 31.1 Å². The quantitative estimate of drug-likeness (QED) is 0.775. The number of rotatable bonds is 1. The van der Waals surface area contributed by atoms with E-state index in [1.807, 2.05) is 16.8 Å². The van der Waals surface area contributed by atoms with Crippen molar-refractivity contribution in [2.75, 3.05) is 33.2 Å². The van der Waals surface area contributed by atoms with Crippen LogP contribution >= 0.6 is 0 Å². The summed E-state index contributed by atoms with van der Waals surface area (Å²) in [5.74, 6) is 0. The molecule has 2 fully saturated rings. The minimum atomic E-state index is 0.223. The Bertz CT molecular complexity index is 287. The first-order chi connectivity index (χ1) is 8.49. The summed E-state index contributed by atoms with van der Waals surface area (Å²) in [6.45, 7) is 8.22. The summed E-state index contributed by atoms with van der Waals surface area (Å²) in [6, 6.07) is 0.668. The van der Waals surface area contributed by atoms with Gasteiger partial charge in [0.15, 0.2) is 0 Å². The van der Waals surface area contributed by atoms with Gasteiger partial charge in [-0.25, -0.2) is 4.79 Å². The molecule has 0 radical (unpaired) electrons. The molecule has 1 saturated heterocycles. The Morgan fingerprint density at radius 1 is 1.22 bits per heavy atom. The zero-order valence-corrected chi connectivity index (χ0v) is 12.0. The molecule has 0 bridgehead atoms. The summed E-state index contributed by atoms with van der Waals surface area (Å²) < 4.78 is 0. The van der Waals surface area contributed by atoms with E-state index < -0.39 is 0 Å². The van der Waals surface area contributed by atoms with Crippen molar-refractivity contribution >= 4 is 6.03 Å². The van der Waals surface area contributed by atoms with Crippen LogP contribution in [0.15, 0.2) is 0 Å². The zero-order valence-electron chi connectivity index (χ0n) is 12.0. The lowest BCUT2D eigenvalue weighted by Gasteiger charge is -2.41. The predicted molar refractivity (Wildman–Crippen MR) is 73.6 cm³/mol. The molecule has 1 aliphatic heterocycles. The molecule has 1 heterocycles. The second-order valence-corrected chi connectivity index (χ2v) is 6.53. The smallest absolute Gasteiger partial charge is 0.320 e. The highest BCUT2D eigenvalue weighted by Gasteiger charge is 2.32. The van der Waals surface area contributed by atoms with Gasteiger partial charge in [0, 0.05) is 39.3 Å². The monoisotopic (exact) mass is 253 g/mol. The molecular formula is C14H27N3O. The van der Waals surface area contributed by atoms with Crippen molar-refractivity contribution in [2.45, 2.75) is 45.6 Å². The number of carbonyl (C=O) groups excluding carboxylic acids is 1. The third-order valence-corrected chi connectivity index (χ3v) is 4.55. The van der Waals surface area contributed by atoms with Crippen molar-refractivity contribution in [2.24, 2.45) is 5.41 Å². The molecule has 1 saturated carbocycles. The van der Waals surface area contributed by atoms with Crippen molar-refractivity contribution in [3.8, 4) is 0 Å². The molecule has 0 aromatic carbocycles. The zero-order chi connectivity index (χ0) is 13.2. The fourth-order valence-electron chi connectivity index (χ4n) is 3.01. The molecule has 4 heteroatoms. The molecule has 0 atom stereocenters. The van der Waals surface area contributed by atoms with Gasteiger partial charge >= 0.3 is 6.03 Å². The number of amides is 2. The SMILES string of the molecule is CN(C(=O)N1CCNCC1)C1CCC(C)(C)CC1. The second kappa shape index (κ2) is 5.47. The largest absolute Gasteiger partial charge is 0.325 e. The van der Waals surface area contributed by atoms with Gasteiger partial charge < -0.3 is 15.1 Å². The Morgan fingerprint density at radius 3 is 2.33 bits per heavy atom. The lowest BCUT2D eigenvalue weighted by Crippen LogP contribution is -2.53. The van der Waals surface area contributed by atoms with Gasteiger partial charge in [0.25, 0.3) is 0 Å². The Kier molecular flexibility index (Phi) is 4.15. The van der Waals surface area contributed by atoms with Crippen LogP contribution in [0.1, 0.15) is 39.5 Å². The van der Waals surface area contributed by atoms with Gasteiger partial charge in [0.05, 0.1) is 0 Å². The molecule has 18 heavy (non-hydrogen) atoms. The molecule has 1 aliphatic carbocycles. The maximum Gasteiger partial charge on any atom is 0.320 e. The van der Waals surface area contributed by atoms with E-state index in [1.165, 1.54) is 12.8 Å². The number of nitrogens with one attached hydrogen (secondary N) is 1. The van der Waals surface area contributed by atoms with Gasteiger partial charge in [-0.15, -0.1) is 0 Å². The summed E-state index contributed by atoms with van der Waals surface area (Å²) >= 11 is 0. The van der Waals surface area contributed by atoms with Crippen LogP contribution in [0.25, 0.3) is 0 Å². The molecule has 1 N–H and O–H groups in total. The van der Waals surface area contributed by atoms with Crippen LogP contribution in [-0.2, 0) is 0 Å². The Balaban J connectivity index is 1.87. The van der Waals surface area contributed by atoms with Gasteiger partial charge in [-0.2, -0.15) is 0 Å². The topological polar surface area (TPSA) is 35.6 Å². The molecule has 2 rings (SSSR count). The summed E-state index contributed by atoms with van der Waals surface area (Å²) in [6.07, 6.45) is 4.77. The van der Waals surface area contributed by atoms with Gasteiger partial charge in [-0.1, -0.05) is 13.8 Å². The van der Waals surface area contributed by atoms with Gasteiger partial charge in [0.2, 0.25) is 0 Å².